The molecule has 0 atom stereocenters. The monoisotopic (exact) mass is 183 g/mol. The summed E-state index contributed by atoms with van der Waals surface area (Å²) in [5.74, 6) is 0. The van der Waals surface area contributed by atoms with Crippen LogP contribution in [0.1, 0.15) is 5.56 Å². The first-order chi connectivity index (χ1) is 6.81. The van der Waals surface area contributed by atoms with Crippen LogP contribution >= 0.6 is 0 Å². The van der Waals surface area contributed by atoms with Gasteiger partial charge in [-0.3, -0.25) is 9.97 Å². The number of rotatable bonds is 2. The molecule has 3 heteroatoms. The second-order valence-corrected chi connectivity index (χ2v) is 2.94. The van der Waals surface area contributed by atoms with E-state index in [2.05, 4.69) is 16.5 Å². The highest BCUT2D eigenvalue weighted by molar-refractivity contribution is 6.07. The molecule has 3 nitrogen and oxygen atoms in total. The minimum Gasteiger partial charge on any atom is -0.308 e. The SMILES string of the molecule is C=C(C=N)c1cnc2cccnc2c1. The van der Waals surface area contributed by atoms with Crippen LogP contribution in [0.3, 0.4) is 0 Å². The lowest BCUT2D eigenvalue weighted by Gasteiger charge is -2.00. The molecule has 0 aromatic carbocycles. The number of hydrogen-bond donors (Lipinski definition) is 1. The van der Waals surface area contributed by atoms with E-state index in [0.29, 0.717) is 5.57 Å². The van der Waals surface area contributed by atoms with Crippen LogP contribution in [0, 0.1) is 5.41 Å². The second kappa shape index (κ2) is 3.38. The molecule has 0 amide bonds. The van der Waals surface area contributed by atoms with Gasteiger partial charge < -0.3 is 5.41 Å². The van der Waals surface area contributed by atoms with Gasteiger partial charge in [0, 0.05) is 24.2 Å². The summed E-state index contributed by atoms with van der Waals surface area (Å²) >= 11 is 0. The lowest BCUT2D eigenvalue weighted by Crippen LogP contribution is -1.88. The highest BCUT2D eigenvalue weighted by Gasteiger charge is 1.99. The van der Waals surface area contributed by atoms with Gasteiger partial charge in [0.25, 0.3) is 0 Å². The fourth-order valence-electron chi connectivity index (χ4n) is 1.21. The van der Waals surface area contributed by atoms with Gasteiger partial charge in [0.05, 0.1) is 11.0 Å². The molecule has 0 saturated carbocycles. The Bertz CT molecular complexity index is 503. The molecule has 2 rings (SSSR count). The van der Waals surface area contributed by atoms with Crippen molar-refractivity contribution in [2.75, 3.05) is 0 Å². The number of pyridine rings is 2. The molecule has 0 radical (unpaired) electrons. The zero-order chi connectivity index (χ0) is 9.97. The summed E-state index contributed by atoms with van der Waals surface area (Å²) < 4.78 is 0. The third kappa shape index (κ3) is 1.40. The molecule has 0 aliphatic heterocycles. The van der Waals surface area contributed by atoms with Crippen molar-refractivity contribution >= 4 is 22.8 Å². The smallest absolute Gasteiger partial charge is 0.0892 e. The standard InChI is InChI=1S/C11H9N3/c1-8(6-12)9-5-11-10(14-7-9)3-2-4-13-11/h2-7,12H,1H2. The first-order valence-electron chi connectivity index (χ1n) is 4.22. The number of allylic oxidation sites excluding steroid dienone is 1. The molecular weight excluding hydrogens is 174 g/mol. The molecule has 2 heterocycles. The molecule has 2 aromatic heterocycles. The predicted molar refractivity (Wildman–Crippen MR) is 57.4 cm³/mol. The molecule has 68 valence electrons. The second-order valence-electron chi connectivity index (χ2n) is 2.94. The van der Waals surface area contributed by atoms with Crippen molar-refractivity contribution in [1.29, 1.82) is 5.41 Å². The van der Waals surface area contributed by atoms with Crippen LogP contribution in [0.4, 0.5) is 0 Å². The van der Waals surface area contributed by atoms with Crippen LogP contribution in [0.2, 0.25) is 0 Å². The number of hydrogen-bond acceptors (Lipinski definition) is 3. The predicted octanol–water partition coefficient (Wildman–Crippen LogP) is 2.29. The topological polar surface area (TPSA) is 49.6 Å². The molecule has 0 bridgehead atoms. The van der Waals surface area contributed by atoms with Gasteiger partial charge in [0.15, 0.2) is 0 Å². The Morgan fingerprint density at radius 2 is 2.21 bits per heavy atom. The summed E-state index contributed by atoms with van der Waals surface area (Å²) in [5.41, 5.74) is 3.17. The van der Waals surface area contributed by atoms with Crippen molar-refractivity contribution in [3.63, 3.8) is 0 Å². The average molecular weight is 183 g/mol. The molecule has 0 spiro atoms. The van der Waals surface area contributed by atoms with Crippen molar-refractivity contribution in [3.8, 4) is 0 Å². The third-order valence-electron chi connectivity index (χ3n) is 2.00. The zero-order valence-corrected chi connectivity index (χ0v) is 7.57. The number of nitrogens with one attached hydrogen (secondary N) is 1. The number of fused-ring (bicyclic) bond motifs is 1. The normalized spacial score (nSPS) is 10.0. The fourth-order valence-corrected chi connectivity index (χ4v) is 1.21. The van der Waals surface area contributed by atoms with Gasteiger partial charge in [-0.25, -0.2) is 0 Å². The van der Waals surface area contributed by atoms with E-state index >= 15 is 0 Å². The summed E-state index contributed by atoms with van der Waals surface area (Å²) in [6, 6.07) is 5.63. The lowest BCUT2D eigenvalue weighted by atomic mass is 10.1. The van der Waals surface area contributed by atoms with Gasteiger partial charge in [0.2, 0.25) is 0 Å². The highest BCUT2D eigenvalue weighted by Crippen LogP contribution is 2.14. The molecule has 0 saturated heterocycles. The van der Waals surface area contributed by atoms with Gasteiger partial charge in [-0.05, 0) is 23.8 Å². The maximum atomic E-state index is 7.08. The van der Waals surface area contributed by atoms with Crippen LogP contribution in [0.15, 0.2) is 37.2 Å². The van der Waals surface area contributed by atoms with Crippen LogP contribution in [-0.2, 0) is 0 Å². The van der Waals surface area contributed by atoms with Crippen molar-refractivity contribution in [2.45, 2.75) is 0 Å². The molecular formula is C11H9N3. The summed E-state index contributed by atoms with van der Waals surface area (Å²) in [7, 11) is 0. The van der Waals surface area contributed by atoms with Gasteiger partial charge in [-0.1, -0.05) is 6.58 Å². The summed E-state index contributed by atoms with van der Waals surface area (Å²) in [6.45, 7) is 3.74. The molecule has 2 aromatic rings. The molecule has 0 aliphatic rings. The van der Waals surface area contributed by atoms with E-state index in [1.807, 2.05) is 18.2 Å². The molecule has 1 N–H and O–H groups in total. The van der Waals surface area contributed by atoms with Gasteiger partial charge in [-0.15, -0.1) is 0 Å². The maximum Gasteiger partial charge on any atom is 0.0892 e. The van der Waals surface area contributed by atoms with Gasteiger partial charge >= 0.3 is 0 Å². The van der Waals surface area contributed by atoms with E-state index < -0.39 is 0 Å². The van der Waals surface area contributed by atoms with Gasteiger partial charge in [0.1, 0.15) is 0 Å². The van der Waals surface area contributed by atoms with Crippen LogP contribution in [0.5, 0.6) is 0 Å². The molecule has 0 aliphatic carbocycles. The van der Waals surface area contributed by atoms with E-state index in [1.54, 1.807) is 12.4 Å². The van der Waals surface area contributed by atoms with Crippen molar-refractivity contribution in [3.05, 3.63) is 42.7 Å². The summed E-state index contributed by atoms with van der Waals surface area (Å²) in [5, 5.41) is 7.08. The van der Waals surface area contributed by atoms with E-state index in [0.717, 1.165) is 16.6 Å². The van der Waals surface area contributed by atoms with Gasteiger partial charge in [-0.2, -0.15) is 0 Å². The van der Waals surface area contributed by atoms with Crippen molar-refractivity contribution < 1.29 is 0 Å². The Morgan fingerprint density at radius 1 is 1.36 bits per heavy atom. The fraction of sp³-hybridized carbons (Fsp3) is 0. The third-order valence-corrected chi connectivity index (χ3v) is 2.00. The van der Waals surface area contributed by atoms with E-state index in [-0.39, 0.29) is 0 Å². The Morgan fingerprint density at radius 3 is 3.00 bits per heavy atom. The summed E-state index contributed by atoms with van der Waals surface area (Å²) in [6.07, 6.45) is 4.64. The average Bonchev–Trinajstić information content (AvgIpc) is 2.27. The van der Waals surface area contributed by atoms with E-state index in [1.165, 1.54) is 6.21 Å². The van der Waals surface area contributed by atoms with Crippen LogP contribution in [-0.4, -0.2) is 16.2 Å². The minimum absolute atomic E-state index is 0.644. The molecule has 14 heavy (non-hydrogen) atoms. The molecule has 0 fully saturated rings. The zero-order valence-electron chi connectivity index (χ0n) is 7.57. The molecule has 0 unspecified atom stereocenters. The minimum atomic E-state index is 0.644. The maximum absolute atomic E-state index is 7.08. The highest BCUT2D eigenvalue weighted by atomic mass is 14.7. The lowest BCUT2D eigenvalue weighted by molar-refractivity contribution is 1.33. The largest absolute Gasteiger partial charge is 0.308 e. The van der Waals surface area contributed by atoms with Crippen molar-refractivity contribution in [2.24, 2.45) is 0 Å². The van der Waals surface area contributed by atoms with Crippen LogP contribution < -0.4 is 0 Å². The Balaban J connectivity index is 2.62. The Kier molecular flexibility index (Phi) is 2.07. The Hall–Kier alpha value is -2.03. The summed E-state index contributed by atoms with van der Waals surface area (Å²) in [4.78, 5) is 8.40. The first kappa shape index (κ1) is 8.56. The van der Waals surface area contributed by atoms with Crippen LogP contribution in [0.25, 0.3) is 16.6 Å². The first-order valence-corrected chi connectivity index (χ1v) is 4.22. The van der Waals surface area contributed by atoms with E-state index in [9.17, 15) is 0 Å². The quantitative estimate of drug-likeness (QED) is 0.726. The number of nitrogens with zero attached hydrogens (tertiary/aromatic N) is 2. The van der Waals surface area contributed by atoms with E-state index in [4.69, 9.17) is 5.41 Å². The number of aromatic nitrogens is 2. The Labute approximate surface area is 81.6 Å². The van der Waals surface area contributed by atoms with Crippen molar-refractivity contribution in [1.82, 2.24) is 9.97 Å².